The van der Waals surface area contributed by atoms with E-state index >= 15 is 0 Å². The Kier molecular flexibility index (Phi) is 7.37. The normalized spacial score (nSPS) is 11.4. The molecule has 0 aliphatic heterocycles. The molecule has 0 unspecified atom stereocenters. The zero-order valence-electron chi connectivity index (χ0n) is 21.3. The molecule has 0 bridgehead atoms. The van der Waals surface area contributed by atoms with Gasteiger partial charge in [0.15, 0.2) is 23.0 Å². The van der Waals surface area contributed by atoms with E-state index in [-0.39, 0.29) is 21.3 Å². The zero-order chi connectivity index (χ0) is 26.9. The summed E-state index contributed by atoms with van der Waals surface area (Å²) in [5.74, 6) is 1.85. The highest BCUT2D eigenvalue weighted by Gasteiger charge is 2.31. The van der Waals surface area contributed by atoms with Gasteiger partial charge in [-0.1, -0.05) is 11.6 Å². The van der Waals surface area contributed by atoms with Crippen molar-refractivity contribution in [2.45, 2.75) is 25.3 Å². The summed E-state index contributed by atoms with van der Waals surface area (Å²) < 4.78 is 52.0. The number of methoxy groups -OCH3 is 4. The van der Waals surface area contributed by atoms with E-state index in [1.807, 2.05) is 6.92 Å². The summed E-state index contributed by atoms with van der Waals surface area (Å²) in [5.41, 5.74) is 1.90. The van der Waals surface area contributed by atoms with Gasteiger partial charge >= 0.3 is 0 Å². The number of nitrogens with zero attached hydrogens (tertiary/aromatic N) is 4. The fourth-order valence-electron chi connectivity index (χ4n) is 4.04. The van der Waals surface area contributed by atoms with Crippen molar-refractivity contribution >= 4 is 21.6 Å². The van der Waals surface area contributed by atoms with Gasteiger partial charge in [-0.05, 0) is 50.2 Å². The molecule has 0 saturated carbocycles. The van der Waals surface area contributed by atoms with Crippen molar-refractivity contribution in [1.82, 2.24) is 19.0 Å². The SMILES string of the molecule is CCn1ncc(S(=O)(=O)n2nc(-c3ccc(OC)c(OC)c3)c(Cl)c2-c2ccc(OC)c(OC)c2)c1C. The first-order valence-corrected chi connectivity index (χ1v) is 13.0. The highest BCUT2D eigenvalue weighted by Crippen LogP contribution is 2.42. The van der Waals surface area contributed by atoms with Crippen molar-refractivity contribution in [3.63, 3.8) is 0 Å². The minimum Gasteiger partial charge on any atom is -0.493 e. The van der Waals surface area contributed by atoms with Crippen LogP contribution in [0, 0.1) is 6.92 Å². The molecule has 0 atom stereocenters. The van der Waals surface area contributed by atoms with Crippen LogP contribution in [-0.4, -0.2) is 55.8 Å². The smallest absolute Gasteiger partial charge is 0.286 e. The van der Waals surface area contributed by atoms with Crippen molar-refractivity contribution in [3.05, 3.63) is 53.3 Å². The third-order valence-electron chi connectivity index (χ3n) is 5.98. The van der Waals surface area contributed by atoms with Gasteiger partial charge in [-0.2, -0.15) is 22.7 Å². The Balaban J connectivity index is 2.02. The van der Waals surface area contributed by atoms with Gasteiger partial charge < -0.3 is 18.9 Å². The lowest BCUT2D eigenvalue weighted by Gasteiger charge is -2.12. The Morgan fingerprint density at radius 1 is 0.865 bits per heavy atom. The summed E-state index contributed by atoms with van der Waals surface area (Å²) in [6, 6.07) is 10.1. The van der Waals surface area contributed by atoms with E-state index in [9.17, 15) is 8.42 Å². The van der Waals surface area contributed by atoms with Crippen molar-refractivity contribution in [1.29, 1.82) is 0 Å². The Labute approximate surface area is 220 Å². The molecule has 0 aliphatic rings. The highest BCUT2D eigenvalue weighted by molar-refractivity contribution is 7.90. The molecule has 0 N–H and O–H groups in total. The van der Waals surface area contributed by atoms with Gasteiger partial charge in [0.2, 0.25) is 0 Å². The number of benzene rings is 2. The van der Waals surface area contributed by atoms with Gasteiger partial charge in [0.1, 0.15) is 16.3 Å². The van der Waals surface area contributed by atoms with Crippen LogP contribution in [-0.2, 0) is 16.6 Å². The Hall–Kier alpha value is -3.70. The second kappa shape index (κ2) is 10.3. The topological polar surface area (TPSA) is 107 Å². The van der Waals surface area contributed by atoms with Crippen LogP contribution in [0.15, 0.2) is 47.5 Å². The molecule has 2 aromatic heterocycles. The molecule has 4 rings (SSSR count). The van der Waals surface area contributed by atoms with Crippen molar-refractivity contribution in [2.24, 2.45) is 0 Å². The molecule has 10 nitrogen and oxygen atoms in total. The molecule has 0 radical (unpaired) electrons. The number of halogens is 1. The van der Waals surface area contributed by atoms with Gasteiger partial charge in [-0.25, -0.2) is 0 Å². The highest BCUT2D eigenvalue weighted by atomic mass is 35.5. The summed E-state index contributed by atoms with van der Waals surface area (Å²) in [6.07, 6.45) is 1.32. The number of hydrogen-bond acceptors (Lipinski definition) is 8. The fraction of sp³-hybridized carbons (Fsp3) is 0.280. The first kappa shape index (κ1) is 26.4. The molecule has 37 heavy (non-hydrogen) atoms. The lowest BCUT2D eigenvalue weighted by atomic mass is 10.1. The van der Waals surface area contributed by atoms with Crippen molar-refractivity contribution < 1.29 is 27.4 Å². The first-order chi connectivity index (χ1) is 17.7. The molecule has 196 valence electrons. The number of aryl methyl sites for hydroxylation is 1. The van der Waals surface area contributed by atoms with Gasteiger partial charge in [0, 0.05) is 17.7 Å². The summed E-state index contributed by atoms with van der Waals surface area (Å²) in [6.45, 7) is 4.09. The van der Waals surface area contributed by atoms with E-state index in [1.165, 1.54) is 34.6 Å². The second-order valence-electron chi connectivity index (χ2n) is 7.91. The molecule has 2 heterocycles. The lowest BCUT2D eigenvalue weighted by Crippen LogP contribution is -2.17. The maximum atomic E-state index is 14.0. The fourth-order valence-corrected chi connectivity index (χ4v) is 5.90. The molecule has 0 spiro atoms. The predicted octanol–water partition coefficient (Wildman–Crippen LogP) is 4.67. The molecule has 0 fully saturated rings. The second-order valence-corrected chi connectivity index (χ2v) is 10.0. The third-order valence-corrected chi connectivity index (χ3v) is 8.01. The van der Waals surface area contributed by atoms with E-state index in [0.29, 0.717) is 46.4 Å². The molecule has 0 saturated heterocycles. The molecule has 0 aliphatic carbocycles. The minimum absolute atomic E-state index is 0.0223. The van der Waals surface area contributed by atoms with E-state index in [0.717, 1.165) is 4.09 Å². The maximum Gasteiger partial charge on any atom is 0.286 e. The summed E-state index contributed by atoms with van der Waals surface area (Å²) in [4.78, 5) is 0.0223. The molecular weight excluding hydrogens is 520 g/mol. The van der Waals surface area contributed by atoms with Crippen LogP contribution >= 0.6 is 11.6 Å². The number of hydrogen-bond donors (Lipinski definition) is 0. The van der Waals surface area contributed by atoms with Crippen LogP contribution < -0.4 is 18.9 Å². The molecule has 4 aromatic rings. The third kappa shape index (κ3) is 4.49. The number of rotatable bonds is 9. The average molecular weight is 547 g/mol. The van der Waals surface area contributed by atoms with Gasteiger partial charge in [-0.3, -0.25) is 4.68 Å². The van der Waals surface area contributed by atoms with E-state index < -0.39 is 10.0 Å². The maximum absolute atomic E-state index is 14.0. The van der Waals surface area contributed by atoms with E-state index in [1.54, 1.807) is 48.0 Å². The van der Waals surface area contributed by atoms with E-state index in [2.05, 4.69) is 10.2 Å². The largest absolute Gasteiger partial charge is 0.493 e. The van der Waals surface area contributed by atoms with Gasteiger partial charge in [-0.15, -0.1) is 0 Å². The molecular formula is C25H27ClN4O6S. The molecule has 0 amide bonds. The monoisotopic (exact) mass is 546 g/mol. The predicted molar refractivity (Wildman–Crippen MR) is 140 cm³/mol. The zero-order valence-corrected chi connectivity index (χ0v) is 22.8. The Morgan fingerprint density at radius 3 is 1.92 bits per heavy atom. The molecule has 2 aromatic carbocycles. The standard InChI is InChI=1S/C25H27ClN4O6S/c1-7-29-15(2)22(14-27-29)37(31,32)30-25(17-9-11-19(34-4)21(13-17)36-6)23(26)24(28-30)16-8-10-18(33-3)20(12-16)35-5/h8-14H,7H2,1-6H3. The lowest BCUT2D eigenvalue weighted by molar-refractivity contribution is 0.355. The minimum atomic E-state index is -4.20. The Morgan fingerprint density at radius 2 is 1.41 bits per heavy atom. The van der Waals surface area contributed by atoms with Crippen LogP contribution in [0.2, 0.25) is 5.02 Å². The molecule has 12 heteroatoms. The van der Waals surface area contributed by atoms with Crippen LogP contribution in [0.5, 0.6) is 23.0 Å². The van der Waals surface area contributed by atoms with Crippen LogP contribution in [0.25, 0.3) is 22.5 Å². The van der Waals surface area contributed by atoms with Crippen molar-refractivity contribution in [3.8, 4) is 45.5 Å². The van der Waals surface area contributed by atoms with Gasteiger partial charge in [0.05, 0.1) is 45.4 Å². The average Bonchev–Trinajstić information content (AvgIpc) is 3.47. The summed E-state index contributed by atoms with van der Waals surface area (Å²) in [7, 11) is 1.85. The van der Waals surface area contributed by atoms with Crippen LogP contribution in [0.3, 0.4) is 0 Å². The summed E-state index contributed by atoms with van der Waals surface area (Å²) in [5, 5.41) is 8.83. The van der Waals surface area contributed by atoms with E-state index in [4.69, 9.17) is 30.5 Å². The number of ether oxygens (including phenoxy) is 4. The van der Waals surface area contributed by atoms with Crippen molar-refractivity contribution in [2.75, 3.05) is 28.4 Å². The van der Waals surface area contributed by atoms with Gasteiger partial charge in [0.25, 0.3) is 10.0 Å². The quantitative estimate of drug-likeness (QED) is 0.298. The van der Waals surface area contributed by atoms with Crippen LogP contribution in [0.1, 0.15) is 12.6 Å². The first-order valence-electron chi connectivity index (χ1n) is 11.2. The number of aromatic nitrogens is 4. The summed E-state index contributed by atoms with van der Waals surface area (Å²) >= 11 is 6.89. The van der Waals surface area contributed by atoms with Crippen LogP contribution in [0.4, 0.5) is 0 Å². The Bertz CT molecular complexity index is 1560.